The minimum absolute atomic E-state index is 0.122. The van der Waals surface area contributed by atoms with Crippen molar-refractivity contribution in [3.05, 3.63) is 47.0 Å². The summed E-state index contributed by atoms with van der Waals surface area (Å²) in [5, 5.41) is 10.6. The number of fused-ring (bicyclic) bond motifs is 1. The van der Waals surface area contributed by atoms with E-state index in [2.05, 4.69) is 0 Å². The van der Waals surface area contributed by atoms with Gasteiger partial charge in [0.2, 0.25) is 0 Å². The lowest BCUT2D eigenvalue weighted by Crippen LogP contribution is -2.44. The first-order chi connectivity index (χ1) is 15.9. The topological polar surface area (TPSA) is 110 Å². The van der Waals surface area contributed by atoms with E-state index in [4.69, 9.17) is 28.4 Å². The third-order valence-electron chi connectivity index (χ3n) is 6.08. The van der Waals surface area contributed by atoms with Gasteiger partial charge < -0.3 is 33.5 Å². The molecular formula is C24H28O9. The number of phenolic OH excluding ortho intramolecular Hbond substituents is 1. The highest BCUT2D eigenvalue weighted by Crippen LogP contribution is 2.56. The van der Waals surface area contributed by atoms with Crippen molar-refractivity contribution in [2.45, 2.75) is 12.0 Å². The van der Waals surface area contributed by atoms with Gasteiger partial charge in [-0.25, -0.2) is 0 Å². The summed E-state index contributed by atoms with van der Waals surface area (Å²) in [6, 6.07) is 8.24. The third-order valence-corrected chi connectivity index (χ3v) is 6.08. The summed E-state index contributed by atoms with van der Waals surface area (Å²) < 4.78 is 32.4. The average Bonchev–Trinajstić information content (AvgIpc) is 2.85. The van der Waals surface area contributed by atoms with Gasteiger partial charge >= 0.3 is 11.9 Å². The van der Waals surface area contributed by atoms with E-state index in [9.17, 15) is 14.7 Å². The fourth-order valence-corrected chi connectivity index (χ4v) is 4.68. The highest BCUT2D eigenvalue weighted by molar-refractivity contribution is 5.86. The van der Waals surface area contributed by atoms with E-state index in [1.54, 1.807) is 24.3 Å². The van der Waals surface area contributed by atoms with E-state index in [-0.39, 0.29) is 11.5 Å². The van der Waals surface area contributed by atoms with Gasteiger partial charge in [0.05, 0.1) is 47.6 Å². The van der Waals surface area contributed by atoms with E-state index in [0.29, 0.717) is 28.2 Å². The molecule has 0 unspecified atom stereocenters. The van der Waals surface area contributed by atoms with Gasteiger partial charge in [0.1, 0.15) is 17.4 Å². The van der Waals surface area contributed by atoms with Crippen LogP contribution in [-0.2, 0) is 23.8 Å². The first-order valence-corrected chi connectivity index (χ1v) is 10.2. The van der Waals surface area contributed by atoms with E-state index in [1.807, 2.05) is 0 Å². The molecule has 0 bridgehead atoms. The summed E-state index contributed by atoms with van der Waals surface area (Å²) in [7, 11) is 8.37. The third kappa shape index (κ3) is 4.04. The number of carbonyl (C=O) groups is 2. The van der Waals surface area contributed by atoms with Gasteiger partial charge in [-0.05, 0) is 17.7 Å². The summed E-state index contributed by atoms with van der Waals surface area (Å²) >= 11 is 0. The molecule has 1 aliphatic carbocycles. The minimum Gasteiger partial charge on any atom is -0.504 e. The van der Waals surface area contributed by atoms with E-state index in [1.165, 1.54) is 48.7 Å². The second-order valence-electron chi connectivity index (χ2n) is 7.46. The van der Waals surface area contributed by atoms with Crippen LogP contribution in [0.5, 0.6) is 23.0 Å². The van der Waals surface area contributed by atoms with E-state index < -0.39 is 35.8 Å². The number of hydrogen-bond donors (Lipinski definition) is 1. The Morgan fingerprint density at radius 1 is 0.788 bits per heavy atom. The molecule has 0 saturated carbocycles. The number of methoxy groups -OCH3 is 6. The van der Waals surface area contributed by atoms with Crippen LogP contribution in [-0.4, -0.2) is 59.7 Å². The molecule has 0 amide bonds. The maximum absolute atomic E-state index is 13.2. The summed E-state index contributed by atoms with van der Waals surface area (Å²) in [6.45, 7) is 0. The molecule has 0 spiro atoms. The van der Waals surface area contributed by atoms with Crippen LogP contribution in [0.15, 0.2) is 30.3 Å². The Hall–Kier alpha value is -3.46. The molecule has 9 nitrogen and oxygen atoms in total. The molecule has 4 atom stereocenters. The quantitative estimate of drug-likeness (QED) is 0.624. The van der Waals surface area contributed by atoms with Gasteiger partial charge in [-0.1, -0.05) is 12.1 Å². The van der Waals surface area contributed by atoms with E-state index >= 15 is 0 Å². The molecule has 0 fully saturated rings. The Kier molecular flexibility index (Phi) is 7.33. The largest absolute Gasteiger partial charge is 0.504 e. The van der Waals surface area contributed by atoms with Crippen molar-refractivity contribution < 1.29 is 43.1 Å². The summed E-state index contributed by atoms with van der Waals surface area (Å²) in [5.74, 6) is -3.18. The fraction of sp³-hybridized carbons (Fsp3) is 0.417. The molecule has 0 aliphatic heterocycles. The van der Waals surface area contributed by atoms with Gasteiger partial charge in [0.25, 0.3) is 0 Å². The zero-order valence-electron chi connectivity index (χ0n) is 19.4. The van der Waals surface area contributed by atoms with Gasteiger partial charge in [-0.15, -0.1) is 0 Å². The molecule has 0 heterocycles. The van der Waals surface area contributed by atoms with Crippen molar-refractivity contribution in [1.82, 2.24) is 0 Å². The normalized spacial score (nSPS) is 21.5. The number of hydrogen-bond acceptors (Lipinski definition) is 9. The minimum atomic E-state index is -1.07. The molecule has 2 aromatic rings. The lowest BCUT2D eigenvalue weighted by molar-refractivity contribution is -0.166. The second kappa shape index (κ2) is 9.99. The van der Waals surface area contributed by atoms with Gasteiger partial charge in [-0.3, -0.25) is 9.59 Å². The lowest BCUT2D eigenvalue weighted by atomic mass is 9.64. The lowest BCUT2D eigenvalue weighted by Gasteiger charge is -2.42. The Morgan fingerprint density at radius 2 is 1.42 bits per heavy atom. The number of rotatable bonds is 7. The van der Waals surface area contributed by atoms with Crippen molar-refractivity contribution in [1.29, 1.82) is 0 Å². The standard InChI is InChI=1S/C24H28O9/c1-28-12-7-8-13(16(11-12)29-2)17-18-14(9-10-15(25)22(18)31-4)21(30-3)20(24(27)33-6)19(17)23(26)32-5/h7-11,17,19-21,25H,1-6H3/t17-,19+,20-,21+/m1/s1. The van der Waals surface area contributed by atoms with Crippen molar-refractivity contribution in [3.63, 3.8) is 0 Å². The highest BCUT2D eigenvalue weighted by Gasteiger charge is 2.53. The molecule has 2 aromatic carbocycles. The number of aromatic hydroxyl groups is 1. The number of benzene rings is 2. The number of phenols is 1. The summed E-state index contributed by atoms with van der Waals surface area (Å²) in [5.41, 5.74) is 1.64. The van der Waals surface area contributed by atoms with Crippen LogP contribution in [0.3, 0.4) is 0 Å². The molecule has 9 heteroatoms. The molecular weight excluding hydrogens is 432 g/mol. The van der Waals surface area contributed by atoms with Gasteiger partial charge in [0, 0.05) is 30.2 Å². The maximum atomic E-state index is 13.2. The van der Waals surface area contributed by atoms with Crippen LogP contribution < -0.4 is 14.2 Å². The van der Waals surface area contributed by atoms with Crippen molar-refractivity contribution in [3.8, 4) is 23.0 Å². The molecule has 1 N–H and O–H groups in total. The Balaban J connectivity index is 2.45. The van der Waals surface area contributed by atoms with Crippen LogP contribution in [0.1, 0.15) is 28.7 Å². The van der Waals surface area contributed by atoms with Gasteiger partial charge in [-0.2, -0.15) is 0 Å². The SMILES string of the molecule is COC(=O)[C@@H]1[C@@H](C(=O)OC)[C@H](c2ccc(OC)cc2OC)c2c(ccc(O)c2OC)[C@@H]1OC. The van der Waals surface area contributed by atoms with Crippen LogP contribution in [0.2, 0.25) is 0 Å². The van der Waals surface area contributed by atoms with Crippen molar-refractivity contribution in [2.75, 3.05) is 42.7 Å². The maximum Gasteiger partial charge on any atom is 0.312 e. The van der Waals surface area contributed by atoms with Crippen molar-refractivity contribution in [2.24, 2.45) is 11.8 Å². The molecule has 33 heavy (non-hydrogen) atoms. The number of ether oxygens (including phenoxy) is 6. The molecule has 0 radical (unpaired) electrons. The molecule has 3 rings (SSSR count). The van der Waals surface area contributed by atoms with Crippen LogP contribution in [0.25, 0.3) is 0 Å². The number of esters is 2. The van der Waals surface area contributed by atoms with Crippen LogP contribution in [0.4, 0.5) is 0 Å². The summed E-state index contributed by atoms with van der Waals surface area (Å²) in [6.07, 6.45) is -0.855. The first kappa shape index (κ1) is 24.2. The molecule has 1 aliphatic rings. The first-order valence-electron chi connectivity index (χ1n) is 10.2. The summed E-state index contributed by atoms with van der Waals surface area (Å²) in [4.78, 5) is 26.2. The monoisotopic (exact) mass is 460 g/mol. The predicted molar refractivity (Wildman–Crippen MR) is 117 cm³/mol. The Morgan fingerprint density at radius 3 is 1.97 bits per heavy atom. The fourth-order valence-electron chi connectivity index (χ4n) is 4.68. The molecule has 0 saturated heterocycles. The van der Waals surface area contributed by atoms with E-state index in [0.717, 1.165) is 0 Å². The predicted octanol–water partition coefficient (Wildman–Crippen LogP) is 2.83. The molecule has 0 aromatic heterocycles. The zero-order chi connectivity index (χ0) is 24.3. The van der Waals surface area contributed by atoms with Crippen LogP contribution >= 0.6 is 0 Å². The smallest absolute Gasteiger partial charge is 0.312 e. The number of carbonyl (C=O) groups excluding carboxylic acids is 2. The Bertz CT molecular complexity index is 1030. The van der Waals surface area contributed by atoms with Crippen molar-refractivity contribution >= 4 is 11.9 Å². The Labute approximate surface area is 192 Å². The van der Waals surface area contributed by atoms with Crippen LogP contribution in [0, 0.1) is 11.8 Å². The highest BCUT2D eigenvalue weighted by atomic mass is 16.5. The van der Waals surface area contributed by atoms with Gasteiger partial charge in [0.15, 0.2) is 11.5 Å². The average molecular weight is 460 g/mol. The second-order valence-corrected chi connectivity index (χ2v) is 7.46. The zero-order valence-corrected chi connectivity index (χ0v) is 19.4. The molecule has 178 valence electrons.